The van der Waals surface area contributed by atoms with Crippen LogP contribution in [-0.2, 0) is 13.4 Å². The van der Waals surface area contributed by atoms with E-state index in [0.29, 0.717) is 0 Å². The summed E-state index contributed by atoms with van der Waals surface area (Å²) in [6.07, 6.45) is 0. The van der Waals surface area contributed by atoms with Crippen LogP contribution in [0, 0.1) is 0 Å². The Bertz CT molecular complexity index is 195. The van der Waals surface area contributed by atoms with Crippen molar-refractivity contribution in [2.24, 2.45) is 0 Å². The summed E-state index contributed by atoms with van der Waals surface area (Å²) in [5, 5.41) is 0. The third-order valence-electron chi connectivity index (χ3n) is 0.200. The maximum absolute atomic E-state index is 9.32. The van der Waals surface area contributed by atoms with Crippen molar-refractivity contribution in [2.45, 2.75) is 0 Å². The van der Waals surface area contributed by atoms with E-state index >= 15 is 0 Å². The molecule has 0 aliphatic heterocycles. The summed E-state index contributed by atoms with van der Waals surface area (Å²) in [5.74, 6) is 0. The van der Waals surface area contributed by atoms with Crippen molar-refractivity contribution >= 4 is 167 Å². The molecule has 0 bridgehead atoms. The van der Waals surface area contributed by atoms with Gasteiger partial charge in [-0.25, -0.2) is 0 Å². The molecule has 0 saturated heterocycles. The summed E-state index contributed by atoms with van der Waals surface area (Å²) in [6, 6.07) is 0. The number of rotatable bonds is 2. The van der Waals surface area contributed by atoms with Crippen molar-refractivity contribution in [1.29, 1.82) is 0 Å². The molecule has 0 unspecified atom stereocenters. The second kappa shape index (κ2) is 30.0. The average Bonchev–Trinajstić information content (AvgIpc) is 1.14. The van der Waals surface area contributed by atoms with Gasteiger partial charge in [-0.05, 0) is 0 Å². The van der Waals surface area contributed by atoms with Gasteiger partial charge in [-0.2, -0.15) is 0 Å². The first-order valence-corrected chi connectivity index (χ1v) is 4.38. The first-order valence-electron chi connectivity index (χ1n) is 1.46. The van der Waals surface area contributed by atoms with Crippen molar-refractivity contribution in [3.63, 3.8) is 0 Å². The summed E-state index contributed by atoms with van der Waals surface area (Å²) in [5.41, 5.74) is 0. The van der Waals surface area contributed by atoms with Crippen LogP contribution < -0.4 is 138 Å². The predicted molar refractivity (Wildman–Crippen MR) is 48.2 cm³/mol. The zero-order valence-corrected chi connectivity index (χ0v) is 29.2. The largest absolute Gasteiger partial charge is 2.00 e. The SMILES string of the molecule is O=P([O-])([O-])OP(=O)([O-])[O-].[Ca+2].[Ca+2].[Ca+2].[Ca+2].[H-].[H-].[H-].[H-].[H-].[H-].[H-].[H-].[Na+].[Na+].[Na+].[Na+]. The number of hydrogen-bond donors (Lipinski definition) is 0. The average molecular weight is 434 g/mol. The van der Waals surface area contributed by atoms with Crippen LogP contribution >= 0.6 is 15.6 Å². The molecule has 0 fully saturated rings. The van der Waals surface area contributed by atoms with E-state index < -0.39 is 15.6 Å². The summed E-state index contributed by atoms with van der Waals surface area (Å²) >= 11 is 0. The van der Waals surface area contributed by atoms with Gasteiger partial charge in [-0.3, -0.25) is 0 Å². The fourth-order valence-corrected chi connectivity index (χ4v) is 1.10. The Kier molecular flexibility index (Phi) is 99.4. The van der Waals surface area contributed by atoms with Crippen LogP contribution in [0.3, 0.4) is 0 Å². The molecule has 0 atom stereocenters. The van der Waals surface area contributed by atoms with E-state index in [1.54, 1.807) is 0 Å². The molecule has 0 aliphatic rings. The van der Waals surface area contributed by atoms with E-state index in [2.05, 4.69) is 4.31 Å². The van der Waals surface area contributed by atoms with Crippen LogP contribution in [0.5, 0.6) is 0 Å². The van der Waals surface area contributed by atoms with Gasteiger partial charge in [0.25, 0.3) is 0 Å². The molecular weight excluding hydrogens is 426 g/mol. The standard InChI is InChI=1S/4Ca.4Na.H4O7P2.8H/c;;;;;;;;1-8(2,3)7-9(4,5)6;;;;;;;;/h;;;;;;;;(H2,1,2,3)(H2,4,5,6);;;;;;;;/q4*+2;4*+1;;8*-1/p-4. The van der Waals surface area contributed by atoms with Crippen molar-refractivity contribution < 1.29 is 163 Å². The van der Waals surface area contributed by atoms with E-state index in [1.807, 2.05) is 0 Å². The Morgan fingerprint density at radius 1 is 0.647 bits per heavy atom. The fraction of sp³-hybridized carbons (Fsp3) is 0. The Morgan fingerprint density at radius 2 is 0.765 bits per heavy atom. The molecule has 0 aromatic carbocycles. The molecule has 0 aliphatic carbocycles. The third kappa shape index (κ3) is 58.7. The molecule has 0 radical (unpaired) electrons. The van der Waals surface area contributed by atoms with Gasteiger partial charge in [0.1, 0.15) is 0 Å². The Labute approximate surface area is 320 Å². The van der Waals surface area contributed by atoms with E-state index in [0.717, 1.165) is 0 Å². The summed E-state index contributed by atoms with van der Waals surface area (Å²) in [4.78, 5) is 37.3. The van der Waals surface area contributed by atoms with Crippen LogP contribution in [0.25, 0.3) is 0 Å². The van der Waals surface area contributed by atoms with Crippen LogP contribution in [0.2, 0.25) is 0 Å². The van der Waals surface area contributed by atoms with Gasteiger partial charge in [0.2, 0.25) is 0 Å². The molecule has 0 heterocycles. The molecule has 0 amide bonds. The Hall–Kier alpha value is 9.30. The van der Waals surface area contributed by atoms with Gasteiger partial charge in [-0.15, -0.1) is 0 Å². The third-order valence-corrected chi connectivity index (χ3v) is 1.80. The van der Waals surface area contributed by atoms with Crippen molar-refractivity contribution in [3.05, 3.63) is 0 Å². The minimum absolute atomic E-state index is 0. The van der Waals surface area contributed by atoms with Gasteiger partial charge >= 0.3 is 269 Å². The van der Waals surface area contributed by atoms with Gasteiger partial charge < -0.3 is 44.4 Å². The van der Waals surface area contributed by atoms with Gasteiger partial charge in [0, 0.05) is 0 Å². The molecule has 0 saturated carbocycles. The Balaban J connectivity index is -0.00000000267. The quantitative estimate of drug-likeness (QED) is 0.311. The molecule has 72 valence electrons. The number of hydrogen-bond acceptors (Lipinski definition) is 7. The molecule has 17 heavy (non-hydrogen) atoms. The van der Waals surface area contributed by atoms with Crippen molar-refractivity contribution in [3.8, 4) is 0 Å². The predicted octanol–water partition coefficient (Wildman–Crippen LogP) is -15.9. The second-order valence-corrected chi connectivity index (χ2v) is 3.42. The fourth-order valence-electron chi connectivity index (χ4n) is 0.122. The zero-order valence-electron chi connectivity index (χ0n) is 18.6. The van der Waals surface area contributed by atoms with E-state index in [9.17, 15) is 28.7 Å². The second-order valence-electron chi connectivity index (χ2n) is 0.976. The monoisotopic (exact) mass is 434 g/mol. The van der Waals surface area contributed by atoms with Crippen LogP contribution in [-0.4, -0.2) is 151 Å². The normalized spacial score (nSPS) is 7.29. The molecule has 7 nitrogen and oxygen atoms in total. The van der Waals surface area contributed by atoms with Crippen molar-refractivity contribution in [1.82, 2.24) is 0 Å². The summed E-state index contributed by atoms with van der Waals surface area (Å²) in [6.45, 7) is 0. The minimum atomic E-state index is -5.68. The first kappa shape index (κ1) is 56.2. The maximum atomic E-state index is 9.32. The zero-order chi connectivity index (χ0) is 7.71. The van der Waals surface area contributed by atoms with E-state index in [-0.39, 0.29) is 281 Å². The summed E-state index contributed by atoms with van der Waals surface area (Å²) in [7, 11) is -11.4. The van der Waals surface area contributed by atoms with E-state index in [1.165, 1.54) is 0 Å². The molecule has 0 N–H and O–H groups in total. The van der Waals surface area contributed by atoms with Gasteiger partial charge in [0.15, 0.2) is 0 Å². The number of phosphoric acid groups is 2. The van der Waals surface area contributed by atoms with Gasteiger partial charge in [-0.1, -0.05) is 0 Å². The van der Waals surface area contributed by atoms with Crippen LogP contribution in [0.15, 0.2) is 0 Å². The molecule has 0 spiro atoms. The molecular formula is H8Ca4Na4O7P2. The molecule has 0 aromatic rings. The smallest absolute Gasteiger partial charge is 1.00 e. The first-order chi connectivity index (χ1) is 3.71. The van der Waals surface area contributed by atoms with Crippen LogP contribution in [0.1, 0.15) is 11.4 Å². The maximum Gasteiger partial charge on any atom is 2.00 e. The molecule has 0 aromatic heterocycles. The Morgan fingerprint density at radius 3 is 0.765 bits per heavy atom. The summed E-state index contributed by atoms with van der Waals surface area (Å²) < 4.78 is 21.2. The molecule has 17 heteroatoms. The molecule has 0 rings (SSSR count). The van der Waals surface area contributed by atoms with Crippen molar-refractivity contribution in [2.75, 3.05) is 0 Å². The topological polar surface area (TPSA) is 136 Å². The van der Waals surface area contributed by atoms with Crippen LogP contribution in [0.4, 0.5) is 0 Å². The van der Waals surface area contributed by atoms with Gasteiger partial charge in [0.05, 0.1) is 15.6 Å². The minimum Gasteiger partial charge on any atom is -1.00 e. The van der Waals surface area contributed by atoms with E-state index in [4.69, 9.17) is 0 Å².